The van der Waals surface area contributed by atoms with Crippen LogP contribution in [0.1, 0.15) is 27.0 Å². The van der Waals surface area contributed by atoms with Gasteiger partial charge >= 0.3 is 0 Å². The SMILES string of the molecule is C=CCOc1ccc(C(=O)c2c(Cl)cc(Cl)cc2Cl)cc1Cc1ccn[nH]c1=O. The maximum absolute atomic E-state index is 13.0. The van der Waals surface area contributed by atoms with Crippen molar-refractivity contribution < 1.29 is 9.53 Å². The number of aromatic amines is 1. The monoisotopic (exact) mass is 448 g/mol. The molecule has 0 aliphatic carbocycles. The molecule has 0 fully saturated rings. The zero-order chi connectivity index (χ0) is 21.0. The summed E-state index contributed by atoms with van der Waals surface area (Å²) in [7, 11) is 0. The second kappa shape index (κ2) is 9.27. The zero-order valence-electron chi connectivity index (χ0n) is 15.0. The lowest BCUT2D eigenvalue weighted by Crippen LogP contribution is -2.14. The summed E-state index contributed by atoms with van der Waals surface area (Å²) in [4.78, 5) is 25.1. The smallest absolute Gasteiger partial charge is 0.267 e. The molecular weight excluding hydrogens is 435 g/mol. The van der Waals surface area contributed by atoms with Crippen LogP contribution in [0.3, 0.4) is 0 Å². The van der Waals surface area contributed by atoms with Gasteiger partial charge in [-0.3, -0.25) is 9.59 Å². The predicted molar refractivity (Wildman–Crippen MR) is 115 cm³/mol. The molecular formula is C21H15Cl3N2O3. The Hall–Kier alpha value is -2.60. The molecule has 148 valence electrons. The number of hydrogen-bond donors (Lipinski definition) is 1. The summed E-state index contributed by atoms with van der Waals surface area (Å²) in [6.45, 7) is 3.91. The van der Waals surface area contributed by atoms with Crippen molar-refractivity contribution in [3.05, 3.63) is 103 Å². The number of benzene rings is 2. The van der Waals surface area contributed by atoms with Crippen molar-refractivity contribution in [1.82, 2.24) is 10.2 Å². The number of ether oxygens (including phenoxy) is 1. The Morgan fingerprint density at radius 1 is 1.10 bits per heavy atom. The van der Waals surface area contributed by atoms with Crippen LogP contribution in [0.5, 0.6) is 5.75 Å². The molecule has 0 spiro atoms. The first kappa shape index (κ1) is 21.1. The summed E-state index contributed by atoms with van der Waals surface area (Å²) in [6, 6.07) is 9.46. The first-order chi connectivity index (χ1) is 13.9. The molecule has 5 nitrogen and oxygen atoms in total. The molecule has 0 aliphatic rings. The van der Waals surface area contributed by atoms with Gasteiger partial charge in [0.05, 0.1) is 15.6 Å². The van der Waals surface area contributed by atoms with Crippen LogP contribution in [-0.4, -0.2) is 22.6 Å². The summed E-state index contributed by atoms with van der Waals surface area (Å²) in [5.74, 6) is 0.169. The standard InChI is InChI=1S/C21H15Cl3N2O3/c1-2-7-29-18-4-3-12(8-14(18)9-13-5-6-25-26-21(13)28)20(27)19-16(23)10-15(22)11-17(19)24/h2-6,8,10-11H,1,7,9H2,(H,26,28). The highest BCUT2D eigenvalue weighted by Crippen LogP contribution is 2.32. The molecule has 0 atom stereocenters. The quantitative estimate of drug-likeness (QED) is 0.401. The van der Waals surface area contributed by atoms with E-state index >= 15 is 0 Å². The highest BCUT2D eigenvalue weighted by Gasteiger charge is 2.19. The molecule has 1 aromatic heterocycles. The van der Waals surface area contributed by atoms with E-state index in [0.29, 0.717) is 27.5 Å². The molecule has 0 saturated heterocycles. The third kappa shape index (κ3) is 4.88. The lowest BCUT2D eigenvalue weighted by molar-refractivity contribution is 0.103. The molecule has 0 amide bonds. The van der Waals surface area contributed by atoms with E-state index in [2.05, 4.69) is 16.8 Å². The van der Waals surface area contributed by atoms with Crippen LogP contribution in [0, 0.1) is 0 Å². The van der Waals surface area contributed by atoms with Crippen LogP contribution in [0.25, 0.3) is 0 Å². The second-order valence-corrected chi connectivity index (χ2v) is 7.33. The van der Waals surface area contributed by atoms with Gasteiger partial charge in [-0.1, -0.05) is 47.5 Å². The molecule has 3 rings (SSSR count). The van der Waals surface area contributed by atoms with Crippen molar-refractivity contribution in [2.45, 2.75) is 6.42 Å². The van der Waals surface area contributed by atoms with Crippen LogP contribution >= 0.6 is 34.8 Å². The Morgan fingerprint density at radius 3 is 2.48 bits per heavy atom. The number of nitrogens with zero attached hydrogens (tertiary/aromatic N) is 1. The largest absolute Gasteiger partial charge is 0.489 e. The Kier molecular flexibility index (Phi) is 6.75. The average Bonchev–Trinajstić information content (AvgIpc) is 2.67. The molecule has 0 aliphatic heterocycles. The lowest BCUT2D eigenvalue weighted by atomic mass is 9.98. The topological polar surface area (TPSA) is 72.0 Å². The summed E-state index contributed by atoms with van der Waals surface area (Å²) >= 11 is 18.3. The van der Waals surface area contributed by atoms with E-state index in [9.17, 15) is 9.59 Å². The molecule has 29 heavy (non-hydrogen) atoms. The van der Waals surface area contributed by atoms with Crippen molar-refractivity contribution in [1.29, 1.82) is 0 Å². The fraction of sp³-hybridized carbons (Fsp3) is 0.0952. The van der Waals surface area contributed by atoms with Gasteiger partial charge in [-0.2, -0.15) is 5.10 Å². The first-order valence-electron chi connectivity index (χ1n) is 8.49. The number of carbonyl (C=O) groups excluding carboxylic acids is 1. The number of hydrogen-bond acceptors (Lipinski definition) is 4. The Balaban J connectivity index is 2.05. The number of rotatable bonds is 7. The Labute approximate surface area is 181 Å². The van der Waals surface area contributed by atoms with Gasteiger partial charge in [-0.05, 0) is 42.0 Å². The van der Waals surface area contributed by atoms with Crippen LogP contribution in [0.4, 0.5) is 0 Å². The fourth-order valence-corrected chi connectivity index (χ4v) is 3.76. The molecule has 0 bridgehead atoms. The minimum atomic E-state index is -0.364. The van der Waals surface area contributed by atoms with Crippen LogP contribution in [0.15, 0.2) is 60.0 Å². The minimum Gasteiger partial charge on any atom is -0.489 e. The summed E-state index contributed by atoms with van der Waals surface area (Å²) in [5.41, 5.74) is 1.32. The number of H-pyrrole nitrogens is 1. The maximum Gasteiger partial charge on any atom is 0.267 e. The molecule has 1 N–H and O–H groups in total. The molecule has 0 radical (unpaired) electrons. The van der Waals surface area contributed by atoms with E-state index < -0.39 is 0 Å². The van der Waals surface area contributed by atoms with Crippen LogP contribution in [0.2, 0.25) is 15.1 Å². The number of aromatic nitrogens is 2. The van der Waals surface area contributed by atoms with Crippen molar-refractivity contribution in [3.8, 4) is 5.75 Å². The van der Waals surface area contributed by atoms with Gasteiger partial charge in [0.25, 0.3) is 5.56 Å². The number of carbonyl (C=O) groups is 1. The third-order valence-electron chi connectivity index (χ3n) is 4.10. The highest BCUT2D eigenvalue weighted by molar-refractivity contribution is 6.43. The van der Waals surface area contributed by atoms with E-state index in [-0.39, 0.29) is 40.0 Å². The van der Waals surface area contributed by atoms with Gasteiger partial charge < -0.3 is 4.74 Å². The van der Waals surface area contributed by atoms with Gasteiger partial charge in [-0.25, -0.2) is 5.10 Å². The Morgan fingerprint density at radius 2 is 1.83 bits per heavy atom. The Bertz CT molecular complexity index is 1120. The van der Waals surface area contributed by atoms with Crippen molar-refractivity contribution in [3.63, 3.8) is 0 Å². The summed E-state index contributed by atoms with van der Waals surface area (Å²) < 4.78 is 5.68. The molecule has 3 aromatic rings. The van der Waals surface area contributed by atoms with Gasteiger partial charge in [-0.15, -0.1) is 0 Å². The van der Waals surface area contributed by atoms with Crippen LogP contribution in [-0.2, 0) is 6.42 Å². The normalized spacial score (nSPS) is 10.6. The van der Waals surface area contributed by atoms with E-state index in [4.69, 9.17) is 39.5 Å². The number of halogens is 3. The lowest BCUT2D eigenvalue weighted by Gasteiger charge is -2.13. The number of nitrogens with one attached hydrogen (secondary N) is 1. The van der Waals surface area contributed by atoms with Crippen molar-refractivity contribution in [2.75, 3.05) is 6.61 Å². The highest BCUT2D eigenvalue weighted by atomic mass is 35.5. The third-order valence-corrected chi connectivity index (χ3v) is 4.92. The van der Waals surface area contributed by atoms with E-state index in [1.54, 1.807) is 30.3 Å². The van der Waals surface area contributed by atoms with Gasteiger partial charge in [0, 0.05) is 28.8 Å². The summed E-state index contributed by atoms with van der Waals surface area (Å²) in [6.07, 6.45) is 3.34. The van der Waals surface area contributed by atoms with E-state index in [0.717, 1.165) is 0 Å². The molecule has 2 aromatic carbocycles. The predicted octanol–water partition coefficient (Wildman–Crippen LogP) is 5.12. The maximum atomic E-state index is 13.0. The van der Waals surface area contributed by atoms with Gasteiger partial charge in [0.15, 0.2) is 5.78 Å². The molecule has 0 unspecified atom stereocenters. The van der Waals surface area contributed by atoms with Crippen LogP contribution < -0.4 is 10.3 Å². The average molecular weight is 450 g/mol. The van der Waals surface area contributed by atoms with Crippen molar-refractivity contribution >= 4 is 40.6 Å². The zero-order valence-corrected chi connectivity index (χ0v) is 17.3. The molecule has 8 heteroatoms. The minimum absolute atomic E-state index is 0.158. The number of ketones is 1. The second-order valence-electron chi connectivity index (χ2n) is 6.08. The fourth-order valence-electron chi connectivity index (χ4n) is 2.77. The van der Waals surface area contributed by atoms with Crippen molar-refractivity contribution in [2.24, 2.45) is 0 Å². The first-order valence-corrected chi connectivity index (χ1v) is 9.62. The van der Waals surface area contributed by atoms with E-state index in [1.807, 2.05) is 0 Å². The van der Waals surface area contributed by atoms with E-state index in [1.165, 1.54) is 18.3 Å². The van der Waals surface area contributed by atoms with Gasteiger partial charge in [0.2, 0.25) is 0 Å². The molecule has 1 heterocycles. The molecule has 0 saturated carbocycles. The summed E-state index contributed by atoms with van der Waals surface area (Å²) in [5, 5.41) is 6.74. The van der Waals surface area contributed by atoms with Gasteiger partial charge in [0.1, 0.15) is 12.4 Å².